The van der Waals surface area contributed by atoms with Gasteiger partial charge in [0.15, 0.2) is 0 Å². The van der Waals surface area contributed by atoms with E-state index in [1.807, 2.05) is 62.7 Å². The molecule has 0 heterocycles. The molecule has 17 heavy (non-hydrogen) atoms. The Balaban J connectivity index is 2.71. The van der Waals surface area contributed by atoms with E-state index < -0.39 is 0 Å². The summed E-state index contributed by atoms with van der Waals surface area (Å²) in [5.41, 5.74) is 1.12. The average Bonchev–Trinajstić information content (AvgIpc) is 2.37. The fourth-order valence-electron chi connectivity index (χ4n) is 1.24. The zero-order valence-corrected chi connectivity index (χ0v) is 10.5. The largest absolute Gasteiger partial charge is 0.439 e. The third kappa shape index (κ3) is 4.55. The molecule has 90 valence electrons. The predicted molar refractivity (Wildman–Crippen MR) is 73.3 cm³/mol. The fraction of sp³-hybridized carbons (Fsp3) is 0.214. The molecule has 0 aliphatic carbocycles. The van der Waals surface area contributed by atoms with Crippen molar-refractivity contribution in [3.8, 4) is 5.75 Å². The topological polar surface area (TPSA) is 33.6 Å². The van der Waals surface area contributed by atoms with Gasteiger partial charge in [0, 0.05) is 14.1 Å². The van der Waals surface area contributed by atoms with E-state index in [0.29, 0.717) is 5.90 Å². The zero-order valence-electron chi connectivity index (χ0n) is 10.5. The van der Waals surface area contributed by atoms with Gasteiger partial charge in [-0.2, -0.15) is 0 Å². The third-order valence-electron chi connectivity index (χ3n) is 2.07. The smallest absolute Gasteiger partial charge is 0.214 e. The minimum atomic E-state index is 0.603. The van der Waals surface area contributed by atoms with Crippen LogP contribution in [-0.2, 0) is 0 Å². The Hall–Kier alpha value is -2.03. The molecule has 1 aromatic rings. The van der Waals surface area contributed by atoms with Crippen LogP contribution in [0.25, 0.3) is 6.08 Å². The molecule has 0 saturated heterocycles. The Kier molecular flexibility index (Phi) is 5.58. The van der Waals surface area contributed by atoms with Crippen molar-refractivity contribution in [1.82, 2.24) is 5.32 Å². The Labute approximate surface area is 103 Å². The summed E-state index contributed by atoms with van der Waals surface area (Å²) < 4.78 is 5.59. The maximum Gasteiger partial charge on any atom is 0.214 e. The van der Waals surface area contributed by atoms with Gasteiger partial charge in [0.05, 0.1) is 0 Å². The number of hydrogen-bond donors (Lipinski definition) is 1. The second kappa shape index (κ2) is 7.28. The van der Waals surface area contributed by atoms with Gasteiger partial charge >= 0.3 is 0 Å². The zero-order chi connectivity index (χ0) is 12.5. The van der Waals surface area contributed by atoms with E-state index >= 15 is 0 Å². The van der Waals surface area contributed by atoms with Crippen LogP contribution < -0.4 is 10.1 Å². The fourth-order valence-corrected chi connectivity index (χ4v) is 1.24. The van der Waals surface area contributed by atoms with Crippen molar-refractivity contribution in [1.29, 1.82) is 0 Å². The summed E-state index contributed by atoms with van der Waals surface area (Å²) >= 11 is 0. The van der Waals surface area contributed by atoms with Gasteiger partial charge in [-0.3, -0.25) is 4.99 Å². The van der Waals surface area contributed by atoms with Crippen LogP contribution in [-0.4, -0.2) is 20.0 Å². The maximum atomic E-state index is 5.59. The summed E-state index contributed by atoms with van der Waals surface area (Å²) in [5.74, 6) is 1.39. The summed E-state index contributed by atoms with van der Waals surface area (Å²) in [6.07, 6.45) is 7.60. The quantitative estimate of drug-likeness (QED) is 0.637. The molecule has 0 aliphatic heterocycles. The highest BCUT2D eigenvalue weighted by molar-refractivity contribution is 5.89. The molecule has 0 aliphatic rings. The Morgan fingerprint density at radius 3 is 2.53 bits per heavy atom. The molecule has 0 bridgehead atoms. The summed E-state index contributed by atoms with van der Waals surface area (Å²) in [4.78, 5) is 4.03. The molecule has 1 rings (SSSR count). The molecule has 0 amide bonds. The lowest BCUT2D eigenvalue weighted by atomic mass is 10.2. The number of ether oxygens (including phenoxy) is 1. The molecule has 0 atom stereocenters. The van der Waals surface area contributed by atoms with Crippen LogP contribution in [0.15, 0.2) is 47.6 Å². The molecule has 0 unspecified atom stereocenters. The summed E-state index contributed by atoms with van der Waals surface area (Å²) in [6.45, 7) is 1.93. The van der Waals surface area contributed by atoms with Crippen molar-refractivity contribution in [2.24, 2.45) is 4.99 Å². The molecular weight excluding hydrogens is 212 g/mol. The average molecular weight is 230 g/mol. The van der Waals surface area contributed by atoms with Crippen molar-refractivity contribution in [2.45, 2.75) is 6.92 Å². The molecule has 0 fully saturated rings. The molecule has 1 N–H and O–H groups in total. The van der Waals surface area contributed by atoms with Crippen LogP contribution in [0.1, 0.15) is 12.5 Å². The predicted octanol–water partition coefficient (Wildman–Crippen LogP) is 2.86. The summed E-state index contributed by atoms with van der Waals surface area (Å²) in [5, 5.41) is 2.95. The van der Waals surface area contributed by atoms with Gasteiger partial charge in [-0.15, -0.1) is 0 Å². The van der Waals surface area contributed by atoms with Crippen LogP contribution >= 0.6 is 0 Å². The minimum absolute atomic E-state index is 0.603. The normalized spacial score (nSPS) is 12.3. The van der Waals surface area contributed by atoms with Crippen molar-refractivity contribution in [3.05, 3.63) is 48.2 Å². The van der Waals surface area contributed by atoms with Crippen molar-refractivity contribution >= 4 is 12.0 Å². The van der Waals surface area contributed by atoms with E-state index in [0.717, 1.165) is 11.3 Å². The highest BCUT2D eigenvalue weighted by Crippen LogP contribution is 2.13. The highest BCUT2D eigenvalue weighted by atomic mass is 16.5. The van der Waals surface area contributed by atoms with E-state index in [9.17, 15) is 0 Å². The van der Waals surface area contributed by atoms with E-state index in [1.54, 1.807) is 7.05 Å². The highest BCUT2D eigenvalue weighted by Gasteiger charge is 1.97. The number of allylic oxidation sites excluding steroid dienone is 1. The van der Waals surface area contributed by atoms with Crippen LogP contribution in [0, 0.1) is 0 Å². The molecular formula is C14H18N2O. The number of aliphatic imine (C=N–C) groups is 1. The van der Waals surface area contributed by atoms with Crippen molar-refractivity contribution in [3.63, 3.8) is 0 Å². The first kappa shape index (κ1) is 13.0. The van der Waals surface area contributed by atoms with Gasteiger partial charge in [0.2, 0.25) is 5.90 Å². The molecule has 0 aromatic heterocycles. The SMILES string of the molecule is C/C=C\C(=NC)Oc1ccc(/C=C/NC)cc1. The van der Waals surface area contributed by atoms with Crippen LogP contribution in [0.2, 0.25) is 0 Å². The third-order valence-corrected chi connectivity index (χ3v) is 2.07. The van der Waals surface area contributed by atoms with Gasteiger partial charge in [0.25, 0.3) is 0 Å². The molecule has 3 heteroatoms. The second-order valence-electron chi connectivity index (χ2n) is 3.35. The van der Waals surface area contributed by atoms with Crippen molar-refractivity contribution < 1.29 is 4.74 Å². The number of nitrogens with one attached hydrogen (secondary N) is 1. The van der Waals surface area contributed by atoms with Crippen LogP contribution in [0.3, 0.4) is 0 Å². The minimum Gasteiger partial charge on any atom is -0.439 e. The Morgan fingerprint density at radius 2 is 2.00 bits per heavy atom. The lowest BCUT2D eigenvalue weighted by molar-refractivity contribution is 0.554. The second-order valence-corrected chi connectivity index (χ2v) is 3.35. The molecule has 1 aromatic carbocycles. The van der Waals surface area contributed by atoms with Crippen molar-refractivity contribution in [2.75, 3.05) is 14.1 Å². The van der Waals surface area contributed by atoms with Gasteiger partial charge in [-0.1, -0.05) is 18.2 Å². The molecule has 0 saturated carbocycles. The Bertz CT molecular complexity index is 416. The Morgan fingerprint density at radius 1 is 1.29 bits per heavy atom. The molecule has 0 spiro atoms. The van der Waals surface area contributed by atoms with Gasteiger partial charge in [-0.25, -0.2) is 0 Å². The summed E-state index contributed by atoms with van der Waals surface area (Å²) in [7, 11) is 3.58. The number of hydrogen-bond acceptors (Lipinski definition) is 3. The summed E-state index contributed by atoms with van der Waals surface area (Å²) in [6, 6.07) is 7.83. The maximum absolute atomic E-state index is 5.59. The number of rotatable bonds is 4. The number of nitrogens with zero attached hydrogens (tertiary/aromatic N) is 1. The van der Waals surface area contributed by atoms with Crippen LogP contribution in [0.4, 0.5) is 0 Å². The van der Waals surface area contributed by atoms with E-state index in [4.69, 9.17) is 4.74 Å². The molecule has 3 nitrogen and oxygen atoms in total. The lowest BCUT2D eigenvalue weighted by Gasteiger charge is -2.04. The van der Waals surface area contributed by atoms with E-state index in [1.165, 1.54) is 0 Å². The number of benzene rings is 1. The molecule has 0 radical (unpaired) electrons. The van der Waals surface area contributed by atoms with Gasteiger partial charge in [-0.05, 0) is 43.0 Å². The van der Waals surface area contributed by atoms with Gasteiger partial charge < -0.3 is 10.1 Å². The van der Waals surface area contributed by atoms with E-state index in [-0.39, 0.29) is 0 Å². The van der Waals surface area contributed by atoms with Gasteiger partial charge in [0.1, 0.15) is 5.75 Å². The first-order chi connectivity index (χ1) is 8.30. The monoisotopic (exact) mass is 230 g/mol. The standard InChI is InChI=1S/C14H18N2O/c1-4-5-14(16-3)17-13-8-6-12(7-9-13)10-11-15-2/h4-11,15H,1-3H3/b5-4-,11-10+,16-14?. The van der Waals surface area contributed by atoms with E-state index in [2.05, 4.69) is 10.3 Å². The first-order valence-electron chi connectivity index (χ1n) is 5.51. The first-order valence-corrected chi connectivity index (χ1v) is 5.51. The lowest BCUT2D eigenvalue weighted by Crippen LogP contribution is -2.04. The van der Waals surface area contributed by atoms with Crippen LogP contribution in [0.5, 0.6) is 5.75 Å².